The van der Waals surface area contributed by atoms with E-state index in [2.05, 4.69) is 24.3 Å². The molecule has 0 unspecified atom stereocenters. The molecule has 0 radical (unpaired) electrons. The van der Waals surface area contributed by atoms with Crippen molar-refractivity contribution in [2.24, 2.45) is 0 Å². The minimum atomic E-state index is 0.328. The average Bonchev–Trinajstić information content (AvgIpc) is 2.20. The lowest BCUT2D eigenvalue weighted by Crippen LogP contribution is -2.38. The Hall–Kier alpha value is -1.06. The molecule has 3 nitrogen and oxygen atoms in total. The summed E-state index contributed by atoms with van der Waals surface area (Å²) in [5, 5.41) is 12.4. The maximum atomic E-state index is 9.18. The van der Waals surface area contributed by atoms with Gasteiger partial charge in [0, 0.05) is 12.6 Å². The molecule has 2 N–H and O–H groups in total. The van der Waals surface area contributed by atoms with Gasteiger partial charge in [-0.05, 0) is 45.3 Å². The van der Waals surface area contributed by atoms with Crippen molar-refractivity contribution in [3.63, 3.8) is 0 Å². The van der Waals surface area contributed by atoms with E-state index in [4.69, 9.17) is 0 Å². The molecule has 0 saturated carbocycles. The van der Waals surface area contributed by atoms with E-state index < -0.39 is 0 Å². The zero-order chi connectivity index (χ0) is 11.3. The van der Waals surface area contributed by atoms with E-state index in [0.29, 0.717) is 11.8 Å². The number of likely N-dealkylation sites (N-methyl/N-ethyl adjacent to an activating group) is 2. The van der Waals surface area contributed by atoms with Gasteiger partial charge in [0.2, 0.25) is 0 Å². The third-order valence-corrected chi connectivity index (χ3v) is 2.58. The number of phenols is 1. The molecule has 0 fully saturated rings. The van der Waals surface area contributed by atoms with E-state index in [1.54, 1.807) is 12.1 Å². The Bertz CT molecular complexity index is 282. The molecule has 1 rings (SSSR count). The maximum Gasteiger partial charge on any atom is 0.115 e. The van der Waals surface area contributed by atoms with Gasteiger partial charge in [0.15, 0.2) is 0 Å². The van der Waals surface area contributed by atoms with Crippen molar-refractivity contribution >= 4 is 0 Å². The van der Waals surface area contributed by atoms with Crippen LogP contribution in [-0.2, 0) is 6.42 Å². The van der Waals surface area contributed by atoms with Gasteiger partial charge in [-0.3, -0.25) is 0 Å². The summed E-state index contributed by atoms with van der Waals surface area (Å²) < 4.78 is 0. The fraction of sp³-hybridized carbons (Fsp3) is 0.500. The van der Waals surface area contributed by atoms with Gasteiger partial charge in [0.05, 0.1) is 0 Å². The van der Waals surface area contributed by atoms with Crippen molar-refractivity contribution in [1.29, 1.82) is 0 Å². The molecule has 0 aliphatic carbocycles. The third kappa shape index (κ3) is 3.90. The van der Waals surface area contributed by atoms with Crippen LogP contribution in [0.2, 0.25) is 0 Å². The Labute approximate surface area is 91.7 Å². The molecular formula is C12H20N2O. The lowest BCUT2D eigenvalue weighted by molar-refractivity contribution is 0.286. The average molecular weight is 208 g/mol. The molecule has 0 aromatic heterocycles. The standard InChI is InChI=1S/C12H20N2O/c1-13-9-11(14(2)3)8-10-4-6-12(15)7-5-10/h4-7,11,13,15H,8-9H2,1-3H3/t11-/m0/s1. The summed E-state index contributed by atoms with van der Waals surface area (Å²) >= 11 is 0. The van der Waals surface area contributed by atoms with E-state index in [9.17, 15) is 5.11 Å². The molecule has 0 heterocycles. The number of phenolic OH excluding ortho intramolecular Hbond substituents is 1. The molecule has 0 aliphatic rings. The Morgan fingerprint density at radius 3 is 2.33 bits per heavy atom. The van der Waals surface area contributed by atoms with Crippen molar-refractivity contribution in [3.8, 4) is 5.75 Å². The number of hydrogen-bond acceptors (Lipinski definition) is 3. The molecule has 15 heavy (non-hydrogen) atoms. The van der Waals surface area contributed by atoms with Crippen molar-refractivity contribution in [2.75, 3.05) is 27.7 Å². The van der Waals surface area contributed by atoms with E-state index in [0.717, 1.165) is 13.0 Å². The summed E-state index contributed by atoms with van der Waals surface area (Å²) in [7, 11) is 6.14. The zero-order valence-corrected chi connectivity index (χ0v) is 9.70. The van der Waals surface area contributed by atoms with E-state index in [1.807, 2.05) is 19.2 Å². The van der Waals surface area contributed by atoms with Crippen molar-refractivity contribution in [3.05, 3.63) is 29.8 Å². The predicted molar refractivity (Wildman–Crippen MR) is 63.2 cm³/mol. The van der Waals surface area contributed by atoms with Crippen molar-refractivity contribution < 1.29 is 5.11 Å². The molecule has 0 spiro atoms. The van der Waals surface area contributed by atoms with Gasteiger partial charge in [0.25, 0.3) is 0 Å². The minimum Gasteiger partial charge on any atom is -0.508 e. The number of aromatic hydroxyl groups is 1. The first-order valence-corrected chi connectivity index (χ1v) is 5.22. The van der Waals surface area contributed by atoms with Crippen LogP contribution in [-0.4, -0.2) is 43.7 Å². The molecule has 1 aromatic carbocycles. The minimum absolute atomic E-state index is 0.328. The van der Waals surface area contributed by atoms with Gasteiger partial charge in [-0.1, -0.05) is 12.1 Å². The smallest absolute Gasteiger partial charge is 0.115 e. The molecule has 1 aromatic rings. The van der Waals surface area contributed by atoms with Crippen LogP contribution in [0, 0.1) is 0 Å². The van der Waals surface area contributed by atoms with E-state index in [-0.39, 0.29) is 0 Å². The Morgan fingerprint density at radius 2 is 1.87 bits per heavy atom. The number of rotatable bonds is 5. The van der Waals surface area contributed by atoms with Crippen LogP contribution in [0.3, 0.4) is 0 Å². The first-order valence-electron chi connectivity index (χ1n) is 5.22. The second-order valence-electron chi connectivity index (χ2n) is 4.05. The highest BCUT2D eigenvalue weighted by Gasteiger charge is 2.10. The van der Waals surface area contributed by atoms with E-state index >= 15 is 0 Å². The lowest BCUT2D eigenvalue weighted by atomic mass is 10.1. The Balaban J connectivity index is 2.61. The number of benzene rings is 1. The van der Waals surface area contributed by atoms with Crippen molar-refractivity contribution in [2.45, 2.75) is 12.5 Å². The first kappa shape index (κ1) is 12.0. The summed E-state index contributed by atoms with van der Waals surface area (Å²) in [6.07, 6.45) is 0.994. The van der Waals surface area contributed by atoms with E-state index in [1.165, 1.54) is 5.56 Å². The number of nitrogens with one attached hydrogen (secondary N) is 1. The Morgan fingerprint density at radius 1 is 1.27 bits per heavy atom. The quantitative estimate of drug-likeness (QED) is 0.760. The highest BCUT2D eigenvalue weighted by Crippen LogP contribution is 2.12. The summed E-state index contributed by atoms with van der Waals surface area (Å²) in [4.78, 5) is 2.21. The highest BCUT2D eigenvalue weighted by atomic mass is 16.3. The molecule has 0 bridgehead atoms. The van der Waals surface area contributed by atoms with Crippen molar-refractivity contribution in [1.82, 2.24) is 10.2 Å². The molecule has 0 amide bonds. The zero-order valence-electron chi connectivity index (χ0n) is 9.70. The summed E-state index contributed by atoms with van der Waals surface area (Å²) in [5.41, 5.74) is 1.25. The third-order valence-electron chi connectivity index (χ3n) is 2.58. The highest BCUT2D eigenvalue weighted by molar-refractivity contribution is 5.26. The first-order chi connectivity index (χ1) is 7.13. The number of nitrogens with zero attached hydrogens (tertiary/aromatic N) is 1. The van der Waals surface area contributed by atoms with Gasteiger partial charge in [-0.25, -0.2) is 0 Å². The topological polar surface area (TPSA) is 35.5 Å². The molecular weight excluding hydrogens is 188 g/mol. The van der Waals surface area contributed by atoms with Gasteiger partial charge >= 0.3 is 0 Å². The predicted octanol–water partition coefficient (Wildman–Crippen LogP) is 1.08. The molecule has 84 valence electrons. The summed E-state index contributed by atoms with van der Waals surface area (Å²) in [6, 6.07) is 7.91. The normalized spacial score (nSPS) is 13.1. The molecule has 1 atom stereocenters. The van der Waals surface area contributed by atoms with Gasteiger partial charge in [-0.2, -0.15) is 0 Å². The second-order valence-corrected chi connectivity index (χ2v) is 4.05. The SMILES string of the molecule is CNC[C@H](Cc1ccc(O)cc1)N(C)C. The summed E-state index contributed by atoms with van der Waals surface area (Å²) in [6.45, 7) is 0.966. The van der Waals surface area contributed by atoms with Crippen LogP contribution in [0.4, 0.5) is 0 Å². The fourth-order valence-corrected chi connectivity index (χ4v) is 1.58. The van der Waals surface area contributed by atoms with Crippen LogP contribution < -0.4 is 5.32 Å². The van der Waals surface area contributed by atoms with Crippen LogP contribution in [0.1, 0.15) is 5.56 Å². The molecule has 0 saturated heterocycles. The lowest BCUT2D eigenvalue weighted by Gasteiger charge is -2.24. The van der Waals surface area contributed by atoms with Gasteiger partial charge in [-0.15, -0.1) is 0 Å². The Kier molecular flexibility index (Phi) is 4.59. The van der Waals surface area contributed by atoms with Gasteiger partial charge in [0.1, 0.15) is 5.75 Å². The molecule has 3 heteroatoms. The van der Waals surface area contributed by atoms with Crippen LogP contribution in [0.15, 0.2) is 24.3 Å². The maximum absolute atomic E-state index is 9.18. The van der Waals surface area contributed by atoms with Crippen LogP contribution >= 0.6 is 0 Å². The number of hydrogen-bond donors (Lipinski definition) is 2. The van der Waals surface area contributed by atoms with Gasteiger partial charge < -0.3 is 15.3 Å². The second kappa shape index (κ2) is 5.73. The van der Waals surface area contributed by atoms with Crippen LogP contribution in [0.25, 0.3) is 0 Å². The van der Waals surface area contributed by atoms with Crippen LogP contribution in [0.5, 0.6) is 5.75 Å². The summed E-state index contributed by atoms with van der Waals surface area (Å²) in [5.74, 6) is 0.328. The monoisotopic (exact) mass is 208 g/mol. The fourth-order valence-electron chi connectivity index (χ4n) is 1.58. The largest absolute Gasteiger partial charge is 0.508 e. The molecule has 0 aliphatic heterocycles.